The van der Waals surface area contributed by atoms with E-state index in [1.807, 2.05) is 66.7 Å². The summed E-state index contributed by atoms with van der Waals surface area (Å²) in [4.78, 5) is 79.4. The van der Waals surface area contributed by atoms with Gasteiger partial charge in [-0.25, -0.2) is 13.6 Å². The maximum atomic E-state index is 17.9. The number of Topliss-reactive ketones (excluding diaryl/α,β-unsaturated/α-hetero) is 2. The van der Waals surface area contributed by atoms with Crippen LogP contribution in [0, 0.1) is 28.6 Å². The fourth-order valence-electron chi connectivity index (χ4n) is 13.9. The van der Waals surface area contributed by atoms with Crippen molar-refractivity contribution < 1.29 is 66.7 Å². The van der Waals surface area contributed by atoms with Gasteiger partial charge < -0.3 is 39.8 Å². The lowest BCUT2D eigenvalue weighted by Crippen LogP contribution is -2.70. The molecule has 5 aliphatic carbocycles. The van der Waals surface area contributed by atoms with Crippen molar-refractivity contribution in [1.29, 1.82) is 0 Å². The highest BCUT2D eigenvalue weighted by molar-refractivity contribution is 6.01. The van der Waals surface area contributed by atoms with Crippen LogP contribution in [0.25, 0.3) is 11.1 Å². The normalized spacial score (nSPS) is 29.9. The highest BCUT2D eigenvalue weighted by Gasteiger charge is 2.80. The van der Waals surface area contributed by atoms with E-state index >= 15 is 8.78 Å². The number of hydrogen-bond donors (Lipinski definition) is 4. The minimum atomic E-state index is -2.37. The second-order valence-corrected chi connectivity index (χ2v) is 23.3. The molecule has 14 nitrogen and oxygen atoms in total. The van der Waals surface area contributed by atoms with Gasteiger partial charge in [-0.1, -0.05) is 97.9 Å². The Hall–Kier alpha value is -6.72. The summed E-state index contributed by atoms with van der Waals surface area (Å²) >= 11 is 0. The number of carbonyl (C=O) groups is 6. The topological polar surface area (TPSA) is 204 Å². The second-order valence-electron chi connectivity index (χ2n) is 23.3. The van der Waals surface area contributed by atoms with Gasteiger partial charge in [0.1, 0.15) is 25.0 Å². The van der Waals surface area contributed by atoms with Gasteiger partial charge in [0.15, 0.2) is 34.9 Å². The predicted molar refractivity (Wildman–Crippen MR) is 283 cm³/mol. The van der Waals surface area contributed by atoms with Gasteiger partial charge in [-0.05, 0) is 129 Å². The van der Waals surface area contributed by atoms with Gasteiger partial charge in [0.25, 0.3) is 0 Å². The Labute approximate surface area is 451 Å². The van der Waals surface area contributed by atoms with Crippen molar-refractivity contribution in [3.05, 3.63) is 149 Å². The number of alkyl halides is 2. The summed E-state index contributed by atoms with van der Waals surface area (Å²) in [6.45, 7) is 7.24. The Morgan fingerprint density at radius 3 is 2.26 bits per heavy atom. The van der Waals surface area contributed by atoms with E-state index in [1.165, 1.54) is 19.1 Å². The number of fused-ring (bicyclic) bond motifs is 10. The van der Waals surface area contributed by atoms with E-state index in [0.29, 0.717) is 17.7 Å². The van der Waals surface area contributed by atoms with Gasteiger partial charge in [0.2, 0.25) is 5.91 Å². The minimum absolute atomic E-state index is 0.00463. The van der Waals surface area contributed by atoms with Gasteiger partial charge in [0.05, 0.1) is 18.8 Å². The molecule has 0 bridgehead atoms. The first kappa shape index (κ1) is 54.6. The Kier molecular flexibility index (Phi) is 14.6. The highest BCUT2D eigenvalue weighted by atomic mass is 19.1. The van der Waals surface area contributed by atoms with Gasteiger partial charge in [0, 0.05) is 52.7 Å². The molecule has 1 heterocycles. The number of amides is 2. The zero-order chi connectivity index (χ0) is 55.5. The first-order chi connectivity index (χ1) is 37.1. The zero-order valence-corrected chi connectivity index (χ0v) is 44.4. The Balaban J connectivity index is 0.775. The molecule has 1 saturated heterocycles. The third kappa shape index (κ3) is 9.62. The van der Waals surface area contributed by atoms with Gasteiger partial charge in [-0.15, -0.1) is 0 Å². The quantitative estimate of drug-likeness (QED) is 0.0777. The van der Waals surface area contributed by atoms with Crippen molar-refractivity contribution in [2.75, 3.05) is 25.1 Å². The van der Waals surface area contributed by atoms with E-state index in [9.17, 15) is 39.0 Å². The van der Waals surface area contributed by atoms with Crippen LogP contribution in [-0.4, -0.2) is 101 Å². The molecule has 4 N–H and O–H groups in total. The largest absolute Gasteiger partial charge is 0.460 e. The number of halogens is 2. The smallest absolute Gasteiger partial charge is 0.407 e. The predicted octanol–water partition coefficient (Wildman–Crippen LogP) is 9.09. The third-order valence-electron chi connectivity index (χ3n) is 17.5. The number of rotatable bonds is 16. The molecule has 410 valence electrons. The second kappa shape index (κ2) is 20.8. The summed E-state index contributed by atoms with van der Waals surface area (Å²) in [6, 6.07) is 30.4. The fraction of sp³-hybridized carbons (Fsp3) is 0.452. The molecule has 0 unspecified atom stereocenters. The number of ether oxygens (including phenoxy) is 4. The first-order valence-corrected chi connectivity index (χ1v) is 26.8. The molecule has 2 amide bonds. The average molecular weight is 1070 g/mol. The van der Waals surface area contributed by atoms with E-state index in [2.05, 4.69) is 10.6 Å². The number of aliphatic hydroxyl groups excluding tert-OH is 2. The number of esters is 1. The Morgan fingerprint density at radius 2 is 1.58 bits per heavy atom. The lowest BCUT2D eigenvalue weighted by molar-refractivity contribution is -0.235. The number of hydrogen-bond acceptors (Lipinski definition) is 12. The molecule has 11 atom stereocenters. The number of carbonyl (C=O) groups excluding carboxylic acids is 6. The number of anilines is 1. The molecule has 16 heteroatoms. The zero-order valence-electron chi connectivity index (χ0n) is 44.4. The van der Waals surface area contributed by atoms with Crippen LogP contribution in [0.4, 0.5) is 19.3 Å². The number of allylic oxidation sites excluding steroid dienone is 4. The van der Waals surface area contributed by atoms with E-state index < -0.39 is 119 Å². The summed E-state index contributed by atoms with van der Waals surface area (Å²) in [5.41, 5.74) is -0.817. The summed E-state index contributed by atoms with van der Waals surface area (Å²) in [6.07, 6.45) is -2.82. The average Bonchev–Trinajstić information content (AvgIpc) is 3.09. The van der Waals surface area contributed by atoms with E-state index in [4.69, 9.17) is 18.9 Å². The van der Waals surface area contributed by atoms with E-state index in [-0.39, 0.29) is 56.6 Å². The van der Waals surface area contributed by atoms with Gasteiger partial charge >= 0.3 is 12.1 Å². The van der Waals surface area contributed by atoms with Crippen molar-refractivity contribution in [2.24, 2.45) is 28.6 Å². The summed E-state index contributed by atoms with van der Waals surface area (Å²) < 4.78 is 58.2. The standard InChI is InChI=1S/C62H66F2N2O12/c1-58(2,3)77-54(72)22-21-38(27-41(69)32-65-57(74)75-34-46-44-15-8-6-13-42(44)43-14-7-9-16-45(43)46)55(73)66-39-12-10-11-36(26-39)25-35-17-19-37(20-18-35)56-76-53-30-47-48-29-50(63)49-28-40(68)23-24-59(49,4)61(48,64)51(70)31-60(47,5)62(53,78-56)52(71)33-67/h6-20,23-24,26,28,38,46-48,50-51,53,56,67,70H,21-22,25,27,29-34H2,1-5H3,(H,65,74)(H,66,73)/t38-,47+,48+,50+,51+,53-,56-,59+,60+,61+,62-/m1/s1. The summed E-state index contributed by atoms with van der Waals surface area (Å²) in [5, 5.41) is 27.7. The van der Waals surface area contributed by atoms with Crippen molar-refractivity contribution in [2.45, 2.75) is 127 Å². The molecule has 1 aliphatic heterocycles. The van der Waals surface area contributed by atoms with Crippen LogP contribution in [-0.2, 0) is 49.3 Å². The number of aliphatic hydroxyl groups is 2. The summed E-state index contributed by atoms with van der Waals surface area (Å²) in [5.74, 6) is -5.44. The number of benzene rings is 4. The molecule has 4 fully saturated rings. The molecular weight excluding hydrogens is 1000 g/mol. The number of ketones is 3. The molecule has 4 aromatic rings. The van der Waals surface area contributed by atoms with E-state index in [0.717, 1.165) is 39.5 Å². The minimum Gasteiger partial charge on any atom is -0.460 e. The third-order valence-corrected chi connectivity index (χ3v) is 17.5. The SMILES string of the molecule is CC(C)(C)OC(=O)CC[C@H](CC(=O)CNC(=O)OCC1c2ccccc2-c2ccccc21)C(=O)Nc1cccc(Cc2ccc([C@@H]3O[C@@H]4C[C@H]5[C@@H]6C[C@H](F)C7=CC(=O)C=C[C@]7(C)[C@@]6(F)[C@@H](O)C[C@]5(C)[C@]4(C(=O)CO)O3)cc2)c1. The lowest BCUT2D eigenvalue weighted by Gasteiger charge is -2.63. The first-order valence-electron chi connectivity index (χ1n) is 26.8. The van der Waals surface area contributed by atoms with Crippen molar-refractivity contribution in [3.63, 3.8) is 0 Å². The summed E-state index contributed by atoms with van der Waals surface area (Å²) in [7, 11) is 0. The molecule has 4 aromatic carbocycles. The highest BCUT2D eigenvalue weighted by Crippen LogP contribution is 2.72. The molecule has 0 aromatic heterocycles. The molecule has 10 rings (SSSR count). The molecule has 6 aliphatic rings. The van der Waals surface area contributed by atoms with Crippen molar-refractivity contribution in [3.8, 4) is 11.1 Å². The number of nitrogens with one attached hydrogen (secondary N) is 2. The Bertz CT molecular complexity index is 3070. The monoisotopic (exact) mass is 1070 g/mol. The Morgan fingerprint density at radius 1 is 0.885 bits per heavy atom. The molecular formula is C62H66F2N2O12. The molecule has 0 radical (unpaired) electrons. The maximum absolute atomic E-state index is 17.9. The maximum Gasteiger partial charge on any atom is 0.407 e. The van der Waals surface area contributed by atoms with Gasteiger partial charge in [-0.3, -0.25) is 24.0 Å². The molecule has 0 spiro atoms. The van der Waals surface area contributed by atoms with Gasteiger partial charge in [-0.2, -0.15) is 0 Å². The van der Waals surface area contributed by atoms with E-state index in [1.54, 1.807) is 58.0 Å². The number of alkyl carbamates (subject to hydrolysis) is 1. The van der Waals surface area contributed by atoms with Crippen molar-refractivity contribution in [1.82, 2.24) is 5.32 Å². The molecule has 78 heavy (non-hydrogen) atoms. The van der Waals surface area contributed by atoms with Crippen LogP contribution >= 0.6 is 0 Å². The van der Waals surface area contributed by atoms with Crippen LogP contribution in [0.2, 0.25) is 0 Å². The lowest BCUT2D eigenvalue weighted by atomic mass is 9.44. The molecule has 3 saturated carbocycles. The van der Waals surface area contributed by atoms with Crippen molar-refractivity contribution >= 4 is 41.0 Å². The van der Waals surface area contributed by atoms with Crippen LogP contribution in [0.1, 0.15) is 113 Å². The fourth-order valence-corrected chi connectivity index (χ4v) is 13.9. The van der Waals surface area contributed by atoms with Crippen LogP contribution < -0.4 is 10.6 Å². The van der Waals surface area contributed by atoms with Crippen LogP contribution in [0.15, 0.2) is 121 Å². The van der Waals surface area contributed by atoms with Crippen LogP contribution in [0.3, 0.4) is 0 Å². The van der Waals surface area contributed by atoms with Crippen LogP contribution in [0.5, 0.6) is 0 Å².